The Morgan fingerprint density at radius 2 is 1.70 bits per heavy atom. The van der Waals surface area contributed by atoms with Crippen molar-refractivity contribution < 1.29 is 0 Å². The second kappa shape index (κ2) is 7.26. The molecule has 0 heterocycles. The first-order valence-corrected chi connectivity index (χ1v) is 8.62. The molecular weight excluding hydrogens is 244 g/mol. The van der Waals surface area contributed by atoms with E-state index in [1.54, 1.807) is 0 Å². The molecule has 20 heavy (non-hydrogen) atoms. The van der Waals surface area contributed by atoms with Crippen molar-refractivity contribution in [2.75, 3.05) is 20.1 Å². The van der Waals surface area contributed by atoms with Crippen LogP contribution in [0.25, 0.3) is 0 Å². The predicted molar refractivity (Wildman–Crippen MR) is 90.2 cm³/mol. The van der Waals surface area contributed by atoms with Crippen molar-refractivity contribution in [3.8, 4) is 0 Å². The van der Waals surface area contributed by atoms with Crippen molar-refractivity contribution in [3.05, 3.63) is 0 Å². The summed E-state index contributed by atoms with van der Waals surface area (Å²) in [4.78, 5) is 2.65. The van der Waals surface area contributed by atoms with Crippen molar-refractivity contribution in [2.24, 2.45) is 11.3 Å². The molecule has 0 amide bonds. The summed E-state index contributed by atoms with van der Waals surface area (Å²) in [6.45, 7) is 16.3. The third-order valence-corrected chi connectivity index (χ3v) is 5.16. The molecule has 0 radical (unpaired) electrons. The number of rotatable bonds is 6. The Balaban J connectivity index is 2.56. The highest BCUT2D eigenvalue weighted by molar-refractivity contribution is 4.86. The first-order valence-electron chi connectivity index (χ1n) is 8.62. The minimum atomic E-state index is 0.215. The number of nitrogens with zero attached hydrogens (tertiary/aromatic N) is 1. The summed E-state index contributed by atoms with van der Waals surface area (Å²) in [5.74, 6) is 0.866. The molecule has 0 aromatic carbocycles. The van der Waals surface area contributed by atoms with Gasteiger partial charge in [0, 0.05) is 24.7 Å². The maximum Gasteiger partial charge on any atom is 0.0118 e. The van der Waals surface area contributed by atoms with Gasteiger partial charge in [0.1, 0.15) is 0 Å². The minimum absolute atomic E-state index is 0.215. The van der Waals surface area contributed by atoms with Gasteiger partial charge in [-0.05, 0) is 58.4 Å². The highest BCUT2D eigenvalue weighted by Crippen LogP contribution is 2.30. The zero-order valence-electron chi connectivity index (χ0n) is 15.1. The Morgan fingerprint density at radius 1 is 1.10 bits per heavy atom. The van der Waals surface area contributed by atoms with Crippen LogP contribution in [0.15, 0.2) is 0 Å². The lowest BCUT2D eigenvalue weighted by Gasteiger charge is -2.42. The topological polar surface area (TPSA) is 15.3 Å². The molecule has 0 bridgehead atoms. The molecule has 0 aliphatic heterocycles. The molecule has 1 aliphatic carbocycles. The summed E-state index contributed by atoms with van der Waals surface area (Å²) < 4.78 is 0. The van der Waals surface area contributed by atoms with Gasteiger partial charge in [-0.1, -0.05) is 33.6 Å². The summed E-state index contributed by atoms with van der Waals surface area (Å²) in [5.41, 5.74) is 0.590. The van der Waals surface area contributed by atoms with Gasteiger partial charge in [0.05, 0.1) is 0 Å². The largest absolute Gasteiger partial charge is 0.311 e. The second-order valence-electron chi connectivity index (χ2n) is 8.51. The predicted octanol–water partition coefficient (Wildman–Crippen LogP) is 4.30. The summed E-state index contributed by atoms with van der Waals surface area (Å²) in [6.07, 6.45) is 6.90. The summed E-state index contributed by atoms with van der Waals surface area (Å²) >= 11 is 0. The minimum Gasteiger partial charge on any atom is -0.311 e. The van der Waals surface area contributed by atoms with Crippen LogP contribution in [0.1, 0.15) is 73.6 Å². The van der Waals surface area contributed by atoms with Gasteiger partial charge in [0.2, 0.25) is 0 Å². The molecule has 1 N–H and O–H groups in total. The lowest BCUT2D eigenvalue weighted by molar-refractivity contribution is 0.0843. The van der Waals surface area contributed by atoms with E-state index in [1.165, 1.54) is 38.6 Å². The zero-order chi connectivity index (χ0) is 15.4. The SMILES string of the molecule is CCC(C)(CNC(C)(C)C)CN(C)C1CCCCC1C. The maximum absolute atomic E-state index is 3.71. The summed E-state index contributed by atoms with van der Waals surface area (Å²) in [6, 6.07) is 0.796. The van der Waals surface area contributed by atoms with Crippen molar-refractivity contribution in [2.45, 2.75) is 85.2 Å². The van der Waals surface area contributed by atoms with E-state index in [2.05, 4.69) is 58.8 Å². The Bertz CT molecular complexity index is 282. The molecule has 1 aliphatic rings. The van der Waals surface area contributed by atoms with Crippen LogP contribution in [-0.2, 0) is 0 Å². The molecule has 0 saturated heterocycles. The number of hydrogen-bond acceptors (Lipinski definition) is 2. The molecule has 1 rings (SSSR count). The standard InChI is InChI=1S/C18H38N2/c1-8-18(6,13-19-17(3,4)5)14-20(7)16-12-10-9-11-15(16)2/h15-16,19H,8-14H2,1-7H3. The van der Waals surface area contributed by atoms with Crippen LogP contribution < -0.4 is 5.32 Å². The lowest BCUT2D eigenvalue weighted by atomic mass is 9.81. The quantitative estimate of drug-likeness (QED) is 0.781. The average Bonchev–Trinajstić information content (AvgIpc) is 2.36. The van der Waals surface area contributed by atoms with E-state index < -0.39 is 0 Å². The van der Waals surface area contributed by atoms with Gasteiger partial charge in [-0.25, -0.2) is 0 Å². The fraction of sp³-hybridized carbons (Fsp3) is 1.00. The van der Waals surface area contributed by atoms with Crippen molar-refractivity contribution >= 4 is 0 Å². The highest BCUT2D eigenvalue weighted by atomic mass is 15.1. The molecular formula is C18H38N2. The molecule has 0 spiro atoms. The van der Waals surface area contributed by atoms with Gasteiger partial charge in [-0.3, -0.25) is 0 Å². The van der Waals surface area contributed by atoms with E-state index in [-0.39, 0.29) is 5.54 Å². The van der Waals surface area contributed by atoms with E-state index in [9.17, 15) is 0 Å². The second-order valence-corrected chi connectivity index (χ2v) is 8.51. The van der Waals surface area contributed by atoms with Gasteiger partial charge in [0.25, 0.3) is 0 Å². The fourth-order valence-corrected chi connectivity index (χ4v) is 3.44. The Morgan fingerprint density at radius 3 is 2.20 bits per heavy atom. The third kappa shape index (κ3) is 5.73. The molecule has 2 nitrogen and oxygen atoms in total. The Kier molecular flexibility index (Phi) is 6.53. The monoisotopic (exact) mass is 282 g/mol. The first-order chi connectivity index (χ1) is 9.17. The molecule has 120 valence electrons. The van der Waals surface area contributed by atoms with Gasteiger partial charge in [-0.15, -0.1) is 0 Å². The van der Waals surface area contributed by atoms with Crippen LogP contribution >= 0.6 is 0 Å². The average molecular weight is 283 g/mol. The lowest BCUT2D eigenvalue weighted by Crippen LogP contribution is -2.49. The molecule has 2 heteroatoms. The van der Waals surface area contributed by atoms with Crippen LogP contribution in [-0.4, -0.2) is 36.6 Å². The third-order valence-electron chi connectivity index (χ3n) is 5.16. The van der Waals surface area contributed by atoms with Crippen LogP contribution in [0.5, 0.6) is 0 Å². The van der Waals surface area contributed by atoms with Crippen molar-refractivity contribution in [1.82, 2.24) is 10.2 Å². The first kappa shape index (κ1) is 18.0. The normalized spacial score (nSPS) is 27.6. The Labute approximate surface area is 127 Å². The fourth-order valence-electron chi connectivity index (χ4n) is 3.44. The van der Waals surface area contributed by atoms with E-state index in [0.29, 0.717) is 5.41 Å². The zero-order valence-corrected chi connectivity index (χ0v) is 15.1. The summed E-state index contributed by atoms with van der Waals surface area (Å²) in [7, 11) is 2.34. The molecule has 0 aromatic rings. The van der Waals surface area contributed by atoms with Crippen LogP contribution in [0, 0.1) is 11.3 Å². The van der Waals surface area contributed by atoms with Gasteiger partial charge in [-0.2, -0.15) is 0 Å². The highest BCUT2D eigenvalue weighted by Gasteiger charge is 2.31. The molecule has 1 fully saturated rings. The van der Waals surface area contributed by atoms with Crippen molar-refractivity contribution in [3.63, 3.8) is 0 Å². The molecule has 0 aromatic heterocycles. The van der Waals surface area contributed by atoms with Gasteiger partial charge in [0.15, 0.2) is 0 Å². The van der Waals surface area contributed by atoms with E-state index >= 15 is 0 Å². The van der Waals surface area contributed by atoms with Crippen molar-refractivity contribution in [1.29, 1.82) is 0 Å². The molecule has 1 saturated carbocycles. The van der Waals surface area contributed by atoms with E-state index in [1.807, 2.05) is 0 Å². The van der Waals surface area contributed by atoms with Crippen LogP contribution in [0.4, 0.5) is 0 Å². The number of hydrogen-bond donors (Lipinski definition) is 1. The number of nitrogens with one attached hydrogen (secondary N) is 1. The maximum atomic E-state index is 3.71. The summed E-state index contributed by atoms with van der Waals surface area (Å²) in [5, 5.41) is 3.71. The van der Waals surface area contributed by atoms with Crippen LogP contribution in [0.3, 0.4) is 0 Å². The van der Waals surface area contributed by atoms with Crippen LogP contribution in [0.2, 0.25) is 0 Å². The van der Waals surface area contributed by atoms with E-state index in [0.717, 1.165) is 18.5 Å². The molecule has 3 atom stereocenters. The van der Waals surface area contributed by atoms with E-state index in [4.69, 9.17) is 0 Å². The smallest absolute Gasteiger partial charge is 0.0118 e. The molecule has 3 unspecified atom stereocenters. The Hall–Kier alpha value is -0.0800. The van der Waals surface area contributed by atoms with Gasteiger partial charge < -0.3 is 10.2 Å². The van der Waals surface area contributed by atoms with Gasteiger partial charge >= 0.3 is 0 Å².